The molecule has 3 aromatic rings. The zero-order chi connectivity index (χ0) is 14.8. The predicted octanol–water partition coefficient (Wildman–Crippen LogP) is 4.17. The first-order chi connectivity index (χ1) is 10.1. The first-order valence-electron chi connectivity index (χ1n) is 6.57. The highest BCUT2D eigenvalue weighted by Crippen LogP contribution is 2.23. The molecule has 0 fully saturated rings. The highest BCUT2D eigenvalue weighted by Gasteiger charge is 2.10. The smallest absolute Gasteiger partial charge is 0.254 e. The maximum Gasteiger partial charge on any atom is 0.254 e. The SMILES string of the molecule is Cc1c(-c2ccccc2)nc(-c2ccc(Br)cc2)[nH]c1=O. The van der Waals surface area contributed by atoms with Crippen molar-refractivity contribution >= 4 is 15.9 Å². The number of rotatable bonds is 2. The van der Waals surface area contributed by atoms with Gasteiger partial charge in [0.2, 0.25) is 0 Å². The van der Waals surface area contributed by atoms with Crippen molar-refractivity contribution in [1.29, 1.82) is 0 Å². The average Bonchev–Trinajstić information content (AvgIpc) is 2.51. The van der Waals surface area contributed by atoms with Crippen LogP contribution in [0.25, 0.3) is 22.6 Å². The van der Waals surface area contributed by atoms with E-state index in [1.807, 2.05) is 54.6 Å². The van der Waals surface area contributed by atoms with Crippen LogP contribution < -0.4 is 5.56 Å². The number of nitrogens with one attached hydrogen (secondary N) is 1. The maximum atomic E-state index is 12.2. The third-order valence-corrected chi connectivity index (χ3v) is 3.84. The summed E-state index contributed by atoms with van der Waals surface area (Å²) in [6.45, 7) is 1.79. The minimum absolute atomic E-state index is 0.109. The Kier molecular flexibility index (Phi) is 3.71. The van der Waals surface area contributed by atoms with E-state index in [0.717, 1.165) is 21.3 Å². The summed E-state index contributed by atoms with van der Waals surface area (Å²) in [5, 5.41) is 0. The fraction of sp³-hybridized carbons (Fsp3) is 0.0588. The van der Waals surface area contributed by atoms with E-state index < -0.39 is 0 Å². The summed E-state index contributed by atoms with van der Waals surface area (Å²) < 4.78 is 0.990. The zero-order valence-electron chi connectivity index (χ0n) is 11.4. The number of aromatic nitrogens is 2. The molecular formula is C17H13BrN2O. The monoisotopic (exact) mass is 340 g/mol. The fourth-order valence-corrected chi connectivity index (χ4v) is 2.42. The molecule has 4 heteroatoms. The zero-order valence-corrected chi connectivity index (χ0v) is 13.0. The lowest BCUT2D eigenvalue weighted by molar-refractivity contribution is 1.09. The number of aromatic amines is 1. The summed E-state index contributed by atoms with van der Waals surface area (Å²) in [6.07, 6.45) is 0. The molecule has 0 radical (unpaired) electrons. The molecule has 0 unspecified atom stereocenters. The van der Waals surface area contributed by atoms with Crippen molar-refractivity contribution in [3.8, 4) is 22.6 Å². The lowest BCUT2D eigenvalue weighted by atomic mass is 10.1. The summed E-state index contributed by atoms with van der Waals surface area (Å²) in [5.41, 5.74) is 3.06. The first-order valence-corrected chi connectivity index (χ1v) is 7.37. The van der Waals surface area contributed by atoms with E-state index in [9.17, 15) is 4.79 Å². The second kappa shape index (κ2) is 5.66. The Labute approximate surface area is 130 Å². The molecule has 0 saturated carbocycles. The number of benzene rings is 2. The molecule has 3 rings (SSSR count). The molecule has 0 aliphatic heterocycles. The molecule has 1 aromatic heterocycles. The average molecular weight is 341 g/mol. The van der Waals surface area contributed by atoms with Gasteiger partial charge in [-0.1, -0.05) is 58.4 Å². The van der Waals surface area contributed by atoms with Crippen molar-refractivity contribution in [1.82, 2.24) is 9.97 Å². The van der Waals surface area contributed by atoms with Crippen LogP contribution in [-0.4, -0.2) is 9.97 Å². The summed E-state index contributed by atoms with van der Waals surface area (Å²) in [6, 6.07) is 17.4. The minimum atomic E-state index is -0.109. The number of nitrogens with zero attached hydrogens (tertiary/aromatic N) is 1. The van der Waals surface area contributed by atoms with Gasteiger partial charge in [-0.05, 0) is 19.1 Å². The first kappa shape index (κ1) is 13.8. The van der Waals surface area contributed by atoms with Gasteiger partial charge >= 0.3 is 0 Å². The Balaban J connectivity index is 2.19. The van der Waals surface area contributed by atoms with Crippen LogP contribution in [0.15, 0.2) is 63.9 Å². The van der Waals surface area contributed by atoms with Crippen molar-refractivity contribution in [3.05, 3.63) is 75.0 Å². The molecule has 3 nitrogen and oxygen atoms in total. The van der Waals surface area contributed by atoms with Gasteiger partial charge in [-0.3, -0.25) is 4.79 Å². The van der Waals surface area contributed by atoms with Gasteiger partial charge in [-0.2, -0.15) is 0 Å². The van der Waals surface area contributed by atoms with Crippen molar-refractivity contribution in [3.63, 3.8) is 0 Å². The van der Waals surface area contributed by atoms with Crippen molar-refractivity contribution < 1.29 is 0 Å². The van der Waals surface area contributed by atoms with Gasteiger partial charge in [0, 0.05) is 21.2 Å². The van der Waals surface area contributed by atoms with Crippen LogP contribution in [0.2, 0.25) is 0 Å². The third-order valence-electron chi connectivity index (χ3n) is 3.32. The van der Waals surface area contributed by atoms with Crippen molar-refractivity contribution in [2.45, 2.75) is 6.92 Å². The highest BCUT2D eigenvalue weighted by molar-refractivity contribution is 9.10. The molecular weight excluding hydrogens is 328 g/mol. The summed E-state index contributed by atoms with van der Waals surface area (Å²) in [4.78, 5) is 19.6. The molecule has 2 aromatic carbocycles. The maximum absolute atomic E-state index is 12.2. The molecule has 0 aliphatic rings. The Morgan fingerprint density at radius 2 is 1.62 bits per heavy atom. The van der Waals surface area contributed by atoms with E-state index >= 15 is 0 Å². The molecule has 0 saturated heterocycles. The van der Waals surface area contributed by atoms with Crippen LogP contribution in [0.1, 0.15) is 5.56 Å². The third kappa shape index (κ3) is 2.81. The van der Waals surface area contributed by atoms with Crippen LogP contribution in [0, 0.1) is 6.92 Å². The number of hydrogen-bond acceptors (Lipinski definition) is 2. The van der Waals surface area contributed by atoms with Crippen LogP contribution in [0.3, 0.4) is 0 Å². The van der Waals surface area contributed by atoms with Gasteiger partial charge < -0.3 is 4.98 Å². The van der Waals surface area contributed by atoms with Gasteiger partial charge in [0.1, 0.15) is 5.82 Å². The Bertz CT molecular complexity index is 824. The topological polar surface area (TPSA) is 45.8 Å². The molecule has 1 heterocycles. The van der Waals surface area contributed by atoms with Gasteiger partial charge in [0.25, 0.3) is 5.56 Å². The van der Waals surface area contributed by atoms with E-state index in [4.69, 9.17) is 0 Å². The molecule has 1 N–H and O–H groups in total. The van der Waals surface area contributed by atoms with E-state index in [1.54, 1.807) is 6.92 Å². The summed E-state index contributed by atoms with van der Waals surface area (Å²) >= 11 is 3.40. The Morgan fingerprint density at radius 1 is 0.952 bits per heavy atom. The van der Waals surface area contributed by atoms with Gasteiger partial charge in [0.15, 0.2) is 0 Å². The lowest BCUT2D eigenvalue weighted by Gasteiger charge is -2.08. The number of H-pyrrole nitrogens is 1. The van der Waals surface area contributed by atoms with Gasteiger partial charge in [-0.15, -0.1) is 0 Å². The largest absolute Gasteiger partial charge is 0.306 e. The van der Waals surface area contributed by atoms with E-state index in [-0.39, 0.29) is 5.56 Å². The molecule has 0 spiro atoms. The molecule has 0 amide bonds. The predicted molar refractivity (Wildman–Crippen MR) is 88.2 cm³/mol. The summed E-state index contributed by atoms with van der Waals surface area (Å²) in [7, 11) is 0. The minimum Gasteiger partial charge on any atom is -0.306 e. The van der Waals surface area contributed by atoms with E-state index in [1.165, 1.54) is 0 Å². The van der Waals surface area contributed by atoms with Crippen LogP contribution >= 0.6 is 15.9 Å². The fourth-order valence-electron chi connectivity index (χ4n) is 2.15. The molecule has 104 valence electrons. The lowest BCUT2D eigenvalue weighted by Crippen LogP contribution is -2.14. The second-order valence-electron chi connectivity index (χ2n) is 4.76. The second-order valence-corrected chi connectivity index (χ2v) is 5.68. The van der Waals surface area contributed by atoms with E-state index in [2.05, 4.69) is 25.9 Å². The molecule has 21 heavy (non-hydrogen) atoms. The van der Waals surface area contributed by atoms with Crippen molar-refractivity contribution in [2.75, 3.05) is 0 Å². The number of halogens is 1. The summed E-state index contributed by atoms with van der Waals surface area (Å²) in [5.74, 6) is 0.581. The molecule has 0 bridgehead atoms. The molecule has 0 atom stereocenters. The van der Waals surface area contributed by atoms with Crippen LogP contribution in [-0.2, 0) is 0 Å². The van der Waals surface area contributed by atoms with Gasteiger partial charge in [0.05, 0.1) is 5.69 Å². The molecule has 0 aliphatic carbocycles. The normalized spacial score (nSPS) is 10.6. The van der Waals surface area contributed by atoms with Crippen LogP contribution in [0.5, 0.6) is 0 Å². The standard InChI is InChI=1S/C17H13BrN2O/c1-11-15(12-5-3-2-4-6-12)19-16(20-17(11)21)13-7-9-14(18)10-8-13/h2-10H,1H3,(H,19,20,21). The highest BCUT2D eigenvalue weighted by atomic mass is 79.9. The van der Waals surface area contributed by atoms with Crippen LogP contribution in [0.4, 0.5) is 0 Å². The van der Waals surface area contributed by atoms with Crippen molar-refractivity contribution in [2.24, 2.45) is 0 Å². The van der Waals surface area contributed by atoms with Gasteiger partial charge in [-0.25, -0.2) is 4.98 Å². The van der Waals surface area contributed by atoms with E-state index in [0.29, 0.717) is 11.4 Å². The Hall–Kier alpha value is -2.20. The number of hydrogen-bond donors (Lipinski definition) is 1. The Morgan fingerprint density at radius 3 is 2.29 bits per heavy atom. The quantitative estimate of drug-likeness (QED) is 0.760.